The van der Waals surface area contributed by atoms with Gasteiger partial charge in [-0.2, -0.15) is 0 Å². The molecule has 0 bridgehead atoms. The predicted molar refractivity (Wildman–Crippen MR) is 84.2 cm³/mol. The number of hydrogen-bond acceptors (Lipinski definition) is 5. The van der Waals surface area contributed by atoms with Crippen molar-refractivity contribution in [2.24, 2.45) is 0 Å². The second kappa shape index (κ2) is 6.75. The van der Waals surface area contributed by atoms with Gasteiger partial charge in [0.15, 0.2) is 0 Å². The molecule has 1 N–H and O–H groups in total. The van der Waals surface area contributed by atoms with E-state index in [0.29, 0.717) is 36.5 Å². The van der Waals surface area contributed by atoms with Crippen LogP contribution in [0.4, 0.5) is 10.1 Å². The molecule has 2 heterocycles. The van der Waals surface area contributed by atoms with Crippen LogP contribution in [0.1, 0.15) is 35.0 Å². The summed E-state index contributed by atoms with van der Waals surface area (Å²) in [5.74, 6) is -0.659. The largest absolute Gasteiger partial charge is 0.465 e. The van der Waals surface area contributed by atoms with Crippen LogP contribution in [0.3, 0.4) is 0 Å². The molecule has 1 aromatic rings. The normalized spacial score (nSPS) is 18.0. The van der Waals surface area contributed by atoms with Crippen LogP contribution < -0.4 is 5.32 Å². The first-order chi connectivity index (χ1) is 10.3. The number of amides is 1. The van der Waals surface area contributed by atoms with Crippen LogP contribution >= 0.6 is 11.3 Å². The fourth-order valence-electron chi connectivity index (χ4n) is 2.40. The lowest BCUT2D eigenvalue weighted by Crippen LogP contribution is -2.43. The number of carbonyl (C=O) groups is 2. The van der Waals surface area contributed by atoms with E-state index in [1.165, 1.54) is 18.4 Å². The number of likely N-dealkylation sites (tertiary alicyclic amines) is 1. The molecule has 0 aliphatic carbocycles. The van der Waals surface area contributed by atoms with Crippen LogP contribution in [0.2, 0.25) is 0 Å². The van der Waals surface area contributed by atoms with Gasteiger partial charge in [0.05, 0.1) is 19.3 Å². The maximum Gasteiger partial charge on any atom is 0.350 e. The van der Waals surface area contributed by atoms with Gasteiger partial charge in [-0.25, -0.2) is 9.18 Å². The summed E-state index contributed by atoms with van der Waals surface area (Å²) < 4.78 is 18.5. The first-order valence-electron chi connectivity index (χ1n) is 7.20. The minimum absolute atomic E-state index is 0.200. The number of alkyl halides is 1. The van der Waals surface area contributed by atoms with Crippen molar-refractivity contribution >= 4 is 28.9 Å². The molecule has 0 radical (unpaired) electrons. The molecule has 1 fully saturated rings. The van der Waals surface area contributed by atoms with Crippen molar-refractivity contribution in [3.8, 4) is 0 Å². The first kappa shape index (κ1) is 16.9. The van der Waals surface area contributed by atoms with Crippen LogP contribution in [-0.4, -0.2) is 49.2 Å². The summed E-state index contributed by atoms with van der Waals surface area (Å²) >= 11 is 1.24. The number of methoxy groups -OCH3 is 1. The molecule has 1 aliphatic rings. The van der Waals surface area contributed by atoms with E-state index in [1.54, 1.807) is 12.3 Å². The zero-order valence-electron chi connectivity index (χ0n) is 13.1. The summed E-state index contributed by atoms with van der Waals surface area (Å²) in [5.41, 5.74) is 0.206. The molecule has 0 spiro atoms. The topological polar surface area (TPSA) is 58.6 Å². The number of piperidine rings is 1. The van der Waals surface area contributed by atoms with Crippen LogP contribution in [0, 0.1) is 6.92 Å². The highest BCUT2D eigenvalue weighted by molar-refractivity contribution is 7.12. The molecule has 0 atom stereocenters. The Hall–Kier alpha value is -1.47. The van der Waals surface area contributed by atoms with Crippen LogP contribution in [0.25, 0.3) is 0 Å². The smallest absolute Gasteiger partial charge is 0.350 e. The lowest BCUT2D eigenvalue weighted by molar-refractivity contribution is -0.118. The van der Waals surface area contributed by atoms with E-state index in [9.17, 15) is 14.0 Å². The van der Waals surface area contributed by atoms with E-state index in [2.05, 4.69) is 5.32 Å². The maximum atomic E-state index is 13.7. The Bertz CT molecular complexity index is 561. The molecular formula is C15H21FN2O3S. The van der Waals surface area contributed by atoms with Crippen molar-refractivity contribution in [2.45, 2.75) is 32.4 Å². The number of carbonyl (C=O) groups excluding carboxylic acids is 2. The van der Waals surface area contributed by atoms with Gasteiger partial charge in [0, 0.05) is 13.1 Å². The van der Waals surface area contributed by atoms with Gasteiger partial charge >= 0.3 is 5.97 Å². The number of nitrogens with one attached hydrogen (secondary N) is 1. The van der Waals surface area contributed by atoms with E-state index in [0.717, 1.165) is 5.56 Å². The summed E-state index contributed by atoms with van der Waals surface area (Å²) in [6.45, 7) is 4.75. The Morgan fingerprint density at radius 1 is 1.45 bits per heavy atom. The number of halogens is 1. The van der Waals surface area contributed by atoms with E-state index < -0.39 is 11.6 Å². The molecule has 2 rings (SSSR count). The second-order valence-corrected chi connectivity index (χ2v) is 6.73. The number of aryl methyl sites for hydroxylation is 1. The third-order valence-corrected chi connectivity index (χ3v) is 4.95. The van der Waals surface area contributed by atoms with Gasteiger partial charge in [-0.1, -0.05) is 0 Å². The Morgan fingerprint density at radius 3 is 2.68 bits per heavy atom. The highest BCUT2D eigenvalue weighted by Crippen LogP contribution is 2.29. The molecule has 5 nitrogen and oxygen atoms in total. The third-order valence-electron chi connectivity index (χ3n) is 3.88. The van der Waals surface area contributed by atoms with Gasteiger partial charge in [-0.05, 0) is 37.6 Å². The van der Waals surface area contributed by atoms with E-state index >= 15 is 0 Å². The summed E-state index contributed by atoms with van der Waals surface area (Å²) in [6.07, 6.45) is 0.871. The monoisotopic (exact) mass is 328 g/mol. The van der Waals surface area contributed by atoms with Gasteiger partial charge in [-0.3, -0.25) is 9.69 Å². The molecule has 0 saturated carbocycles. The van der Waals surface area contributed by atoms with E-state index in [-0.39, 0.29) is 12.5 Å². The SMILES string of the molecule is COC(=O)c1scc(C)c1NC(=O)CN1CCC(C)(F)CC1. The number of hydrogen-bond donors (Lipinski definition) is 1. The van der Waals surface area contributed by atoms with Crippen molar-refractivity contribution < 1.29 is 18.7 Å². The number of thiophene rings is 1. The van der Waals surface area contributed by atoms with Gasteiger partial charge < -0.3 is 10.1 Å². The van der Waals surface area contributed by atoms with Crippen molar-refractivity contribution in [3.05, 3.63) is 15.8 Å². The minimum atomic E-state index is -1.13. The third kappa shape index (κ3) is 4.04. The molecule has 1 aliphatic heterocycles. The van der Waals surface area contributed by atoms with Crippen LogP contribution in [0.15, 0.2) is 5.38 Å². The maximum absolute atomic E-state index is 13.7. The highest BCUT2D eigenvalue weighted by Gasteiger charge is 2.30. The summed E-state index contributed by atoms with van der Waals surface area (Å²) in [6, 6.07) is 0. The van der Waals surface area contributed by atoms with Crippen molar-refractivity contribution in [3.63, 3.8) is 0 Å². The fraction of sp³-hybridized carbons (Fsp3) is 0.600. The average molecular weight is 328 g/mol. The number of esters is 1. The van der Waals surface area contributed by atoms with E-state index in [1.807, 2.05) is 11.8 Å². The molecule has 0 aromatic carbocycles. The Balaban J connectivity index is 1.96. The van der Waals surface area contributed by atoms with Crippen LogP contribution in [-0.2, 0) is 9.53 Å². The Kier molecular flexibility index (Phi) is 5.18. The molecule has 1 saturated heterocycles. The molecule has 1 amide bonds. The summed E-state index contributed by atoms with van der Waals surface area (Å²) in [4.78, 5) is 26.2. The Morgan fingerprint density at radius 2 is 2.09 bits per heavy atom. The van der Waals surface area contributed by atoms with Crippen molar-refractivity contribution in [2.75, 3.05) is 32.1 Å². The quantitative estimate of drug-likeness (QED) is 0.863. The molecule has 122 valence electrons. The number of ether oxygens (including phenoxy) is 1. The molecule has 1 aromatic heterocycles. The average Bonchev–Trinajstić information content (AvgIpc) is 2.82. The van der Waals surface area contributed by atoms with Crippen LogP contribution in [0.5, 0.6) is 0 Å². The number of nitrogens with zero attached hydrogens (tertiary/aromatic N) is 1. The van der Waals surface area contributed by atoms with Gasteiger partial charge in [-0.15, -0.1) is 11.3 Å². The molecule has 22 heavy (non-hydrogen) atoms. The standard InChI is InChI=1S/C15H21FN2O3S/c1-10-9-22-13(14(20)21-3)12(10)17-11(19)8-18-6-4-15(2,16)5-7-18/h9H,4-8H2,1-3H3,(H,17,19). The highest BCUT2D eigenvalue weighted by atomic mass is 32.1. The summed E-state index contributed by atoms with van der Waals surface area (Å²) in [5, 5.41) is 4.58. The zero-order chi connectivity index (χ0) is 16.3. The lowest BCUT2D eigenvalue weighted by atomic mass is 9.96. The number of anilines is 1. The molecule has 7 heteroatoms. The van der Waals surface area contributed by atoms with Gasteiger partial charge in [0.1, 0.15) is 10.5 Å². The second-order valence-electron chi connectivity index (χ2n) is 5.85. The lowest BCUT2D eigenvalue weighted by Gasteiger charge is -2.33. The van der Waals surface area contributed by atoms with Crippen molar-refractivity contribution in [1.82, 2.24) is 4.90 Å². The van der Waals surface area contributed by atoms with E-state index in [4.69, 9.17) is 4.74 Å². The minimum Gasteiger partial charge on any atom is -0.465 e. The van der Waals surface area contributed by atoms with Gasteiger partial charge in [0.25, 0.3) is 0 Å². The first-order valence-corrected chi connectivity index (χ1v) is 8.08. The molecule has 0 unspecified atom stereocenters. The molecular weight excluding hydrogens is 307 g/mol. The predicted octanol–water partition coefficient (Wildman–Crippen LogP) is 2.61. The fourth-order valence-corrected chi connectivity index (χ4v) is 3.32. The Labute approximate surface area is 133 Å². The van der Waals surface area contributed by atoms with Crippen molar-refractivity contribution in [1.29, 1.82) is 0 Å². The summed E-state index contributed by atoms with van der Waals surface area (Å²) in [7, 11) is 1.31. The van der Waals surface area contributed by atoms with Gasteiger partial charge in [0.2, 0.25) is 5.91 Å². The zero-order valence-corrected chi connectivity index (χ0v) is 13.9. The number of rotatable bonds is 4.